The molecule has 21 heteroatoms. The Labute approximate surface area is 197 Å². The van der Waals surface area contributed by atoms with E-state index in [0.29, 0.717) is 0 Å². The van der Waals surface area contributed by atoms with Gasteiger partial charge in [-0.1, -0.05) is 5.43 Å². The average Bonchev–Trinajstić information content (AvgIpc) is 3.13. The third-order valence-corrected chi connectivity index (χ3v) is 4.23. The van der Waals surface area contributed by atoms with Crippen molar-refractivity contribution in [1.82, 2.24) is 15.6 Å². The number of nitrogens with two attached hydrogens (primary N) is 3. The molecule has 1 saturated heterocycles. The average molecular weight is 540 g/mol. The summed E-state index contributed by atoms with van der Waals surface area (Å²) in [5.74, 6) is -7.07. The number of primary amides is 1. The molecule has 36 heavy (non-hydrogen) atoms. The van der Waals surface area contributed by atoms with Crippen molar-refractivity contribution in [3.05, 3.63) is 10.1 Å². The molecule has 1 heterocycles. The van der Waals surface area contributed by atoms with Gasteiger partial charge in [-0.3, -0.25) is 14.4 Å². The molecule has 1 rings (SSSR count). The van der Waals surface area contributed by atoms with Gasteiger partial charge in [0.2, 0.25) is 11.8 Å². The molecular formula is C15H22F6N8O7. The zero-order chi connectivity index (χ0) is 28.4. The quantitative estimate of drug-likeness (QED) is 0.0491. The molecule has 0 saturated carbocycles. The summed E-state index contributed by atoms with van der Waals surface area (Å²) in [6, 6.07) is -3.46. The Hall–Kier alpha value is -3.91. The Kier molecular flexibility index (Phi) is 11.8. The monoisotopic (exact) mass is 540 g/mol. The van der Waals surface area contributed by atoms with Crippen molar-refractivity contribution < 1.29 is 55.7 Å². The fraction of sp³-hybridized carbons (Fsp3) is 0.667. The largest absolute Gasteiger partial charge is 0.490 e. The van der Waals surface area contributed by atoms with Crippen LogP contribution < -0.4 is 27.9 Å². The molecule has 9 N–H and O–H groups in total. The molecule has 15 nitrogen and oxygen atoms in total. The molecule has 206 valence electrons. The summed E-state index contributed by atoms with van der Waals surface area (Å²) in [6.45, 7) is -0.350. The van der Waals surface area contributed by atoms with Gasteiger partial charge in [-0.2, -0.15) is 26.3 Å². The van der Waals surface area contributed by atoms with Gasteiger partial charge in [0.25, 0.3) is 5.96 Å². The third-order valence-electron chi connectivity index (χ3n) is 4.23. The minimum absolute atomic E-state index is 0.0111. The van der Waals surface area contributed by atoms with Gasteiger partial charge in [-0.25, -0.2) is 19.9 Å². The number of carboxylic acid groups (broad SMARTS) is 1. The van der Waals surface area contributed by atoms with Crippen molar-refractivity contribution in [1.29, 1.82) is 0 Å². The number of nitrogens with one attached hydrogen (secondary N) is 2. The second-order valence-corrected chi connectivity index (χ2v) is 7.00. The summed E-state index contributed by atoms with van der Waals surface area (Å²) >= 11 is 0. The van der Waals surface area contributed by atoms with E-state index in [1.807, 2.05) is 0 Å². The maximum Gasteiger partial charge on any atom is 0.490 e. The number of carbonyl (C=O) groups excluding carboxylic acids is 3. The van der Waals surface area contributed by atoms with E-state index in [9.17, 15) is 50.8 Å². The lowest BCUT2D eigenvalue weighted by Gasteiger charge is -2.25. The maximum absolute atomic E-state index is 12.5. The van der Waals surface area contributed by atoms with Crippen molar-refractivity contribution in [2.75, 3.05) is 13.1 Å². The molecule has 0 unspecified atom stereocenters. The molecule has 0 aromatic rings. The fourth-order valence-electron chi connectivity index (χ4n) is 2.70. The number of aliphatic imine (C=N–C) groups is 1. The topological polar surface area (TPSA) is 249 Å². The minimum atomic E-state index is -5.11. The van der Waals surface area contributed by atoms with E-state index in [1.165, 1.54) is 0 Å². The molecule has 0 aromatic carbocycles. The van der Waals surface area contributed by atoms with Gasteiger partial charge in [-0.05, 0) is 19.3 Å². The number of halogens is 6. The van der Waals surface area contributed by atoms with Crippen LogP contribution in [0.2, 0.25) is 0 Å². The number of aliphatic carboxylic acids is 1. The van der Waals surface area contributed by atoms with Crippen molar-refractivity contribution in [3.63, 3.8) is 0 Å². The number of carboxylic acids is 1. The lowest BCUT2D eigenvalue weighted by atomic mass is 10.1. The Morgan fingerprint density at radius 2 is 1.67 bits per heavy atom. The lowest BCUT2D eigenvalue weighted by molar-refractivity contribution is -0.525. The van der Waals surface area contributed by atoms with Crippen molar-refractivity contribution in [2.24, 2.45) is 22.2 Å². The van der Waals surface area contributed by atoms with Gasteiger partial charge in [-0.15, -0.1) is 0 Å². The highest BCUT2D eigenvalue weighted by Crippen LogP contribution is 2.22. The number of amides is 3. The van der Waals surface area contributed by atoms with Gasteiger partial charge in [0.1, 0.15) is 6.04 Å². The summed E-state index contributed by atoms with van der Waals surface area (Å²) < 4.78 is 68.9. The normalized spacial score (nSPS) is 19.0. The van der Waals surface area contributed by atoms with E-state index in [4.69, 9.17) is 27.1 Å². The van der Waals surface area contributed by atoms with Crippen LogP contribution in [-0.4, -0.2) is 88.3 Å². The standard InChI is InChI=1S/C13H21F3N8O5.C2HF3O2/c14-13(15,16)11(27)21-6-4-8(9(18)25)23(5-6)10(26)7(17)2-1-3-20-12(19)22-24(28)29;3-2(4,5)1(6)7/h6-8H,1-5,17H2,(H2,18,25)(H,21,27)(H3,19,20,22);(H,6,7)/t6-,7-,8+;/m1./s1. The molecule has 1 aliphatic rings. The number of hydrogen-bond acceptors (Lipinski definition) is 8. The van der Waals surface area contributed by atoms with Crippen LogP contribution in [0.5, 0.6) is 0 Å². The van der Waals surface area contributed by atoms with E-state index in [1.54, 1.807) is 10.7 Å². The number of rotatable bonds is 8. The van der Waals surface area contributed by atoms with Crippen molar-refractivity contribution in [2.45, 2.75) is 49.7 Å². The molecule has 0 aromatic heterocycles. The van der Waals surface area contributed by atoms with E-state index in [-0.39, 0.29) is 32.4 Å². The van der Waals surface area contributed by atoms with Crippen LogP contribution in [0.3, 0.4) is 0 Å². The first kappa shape index (κ1) is 32.1. The zero-order valence-electron chi connectivity index (χ0n) is 18.0. The first-order valence-electron chi connectivity index (χ1n) is 9.51. The van der Waals surface area contributed by atoms with E-state index in [2.05, 4.69) is 4.99 Å². The number of carbonyl (C=O) groups is 4. The van der Waals surface area contributed by atoms with Crippen LogP contribution >= 0.6 is 0 Å². The Balaban J connectivity index is 0.00000152. The number of nitrogens with zero attached hydrogens (tertiary/aromatic N) is 3. The number of hydrogen-bond donors (Lipinski definition) is 6. The smallest absolute Gasteiger partial charge is 0.475 e. The number of nitro groups is 1. The van der Waals surface area contributed by atoms with Crippen LogP contribution in [0.15, 0.2) is 4.99 Å². The van der Waals surface area contributed by atoms with Crippen LogP contribution in [0.25, 0.3) is 0 Å². The molecule has 1 fully saturated rings. The zero-order valence-corrected chi connectivity index (χ0v) is 18.0. The molecule has 3 amide bonds. The van der Waals surface area contributed by atoms with E-state index >= 15 is 0 Å². The molecule has 0 aliphatic carbocycles. The maximum atomic E-state index is 12.5. The predicted molar refractivity (Wildman–Crippen MR) is 105 cm³/mol. The van der Waals surface area contributed by atoms with E-state index < -0.39 is 65.2 Å². The van der Waals surface area contributed by atoms with Gasteiger partial charge >= 0.3 is 24.2 Å². The molecule has 1 aliphatic heterocycles. The molecular weight excluding hydrogens is 518 g/mol. The SMILES string of the molecule is NC(=O)[C@@H]1C[C@@H](NC(=O)C(F)(F)F)CN1C(=O)[C@H](N)CCCN=C(N)N[N+](=O)[O-].O=C(O)C(F)(F)F. The molecule has 0 spiro atoms. The highest BCUT2D eigenvalue weighted by molar-refractivity contribution is 5.90. The first-order valence-corrected chi connectivity index (χ1v) is 9.51. The molecule has 0 radical (unpaired) electrons. The number of hydrazine groups is 1. The van der Waals surface area contributed by atoms with Gasteiger partial charge in [0, 0.05) is 19.1 Å². The lowest BCUT2D eigenvalue weighted by Crippen LogP contribution is -2.50. The van der Waals surface area contributed by atoms with Crippen molar-refractivity contribution >= 4 is 29.7 Å². The summed E-state index contributed by atoms with van der Waals surface area (Å²) in [4.78, 5) is 58.7. The number of guanidine groups is 1. The van der Waals surface area contributed by atoms with E-state index in [0.717, 1.165) is 4.90 Å². The molecule has 0 bridgehead atoms. The second-order valence-electron chi connectivity index (χ2n) is 7.00. The van der Waals surface area contributed by atoms with Crippen LogP contribution in [-0.2, 0) is 19.2 Å². The highest BCUT2D eigenvalue weighted by Gasteiger charge is 2.45. The van der Waals surface area contributed by atoms with Crippen LogP contribution in [0, 0.1) is 10.1 Å². The van der Waals surface area contributed by atoms with Crippen LogP contribution in [0.1, 0.15) is 19.3 Å². The number of likely N-dealkylation sites (tertiary alicyclic amines) is 1. The molecule has 3 atom stereocenters. The summed E-state index contributed by atoms with van der Waals surface area (Å²) in [6.07, 6.45) is -10.2. The van der Waals surface area contributed by atoms with Gasteiger partial charge in [0.05, 0.1) is 6.04 Å². The van der Waals surface area contributed by atoms with Crippen molar-refractivity contribution in [3.8, 4) is 0 Å². The summed E-state index contributed by atoms with van der Waals surface area (Å²) in [7, 11) is 0. The van der Waals surface area contributed by atoms with Gasteiger partial charge in [0.15, 0.2) is 5.03 Å². The third kappa shape index (κ3) is 11.5. The Morgan fingerprint density at radius 3 is 2.08 bits per heavy atom. The summed E-state index contributed by atoms with van der Waals surface area (Å²) in [5.41, 5.74) is 17.8. The van der Waals surface area contributed by atoms with Gasteiger partial charge < -0.3 is 32.5 Å². The number of alkyl halides is 6. The first-order chi connectivity index (χ1) is 16.3. The highest BCUT2D eigenvalue weighted by atomic mass is 19.4. The van der Waals surface area contributed by atoms with Crippen LogP contribution in [0.4, 0.5) is 26.3 Å². The second kappa shape index (κ2) is 13.3. The predicted octanol–water partition coefficient (Wildman–Crippen LogP) is -2.04. The minimum Gasteiger partial charge on any atom is -0.475 e. The Bertz CT molecular complexity index is 866. The summed E-state index contributed by atoms with van der Waals surface area (Å²) in [5, 5.41) is 18.1. The fourth-order valence-corrected chi connectivity index (χ4v) is 2.70. The Morgan fingerprint density at radius 1 is 1.14 bits per heavy atom.